The predicted molar refractivity (Wildman–Crippen MR) is 107 cm³/mol. The molecular weight excluding hydrogens is 342 g/mol. The SMILES string of the molecule is COc1ccc(-n2c(C)cc(C(=O)NC(C)C(=O)NC(C)(C)C)c2C)cc1. The molecule has 2 aromatic rings. The third kappa shape index (κ3) is 4.90. The van der Waals surface area contributed by atoms with E-state index in [2.05, 4.69) is 10.6 Å². The maximum atomic E-state index is 12.7. The van der Waals surface area contributed by atoms with E-state index in [0.717, 1.165) is 22.8 Å². The van der Waals surface area contributed by atoms with Crippen LogP contribution in [0.4, 0.5) is 0 Å². The average Bonchev–Trinajstić information content (AvgIpc) is 2.88. The maximum absolute atomic E-state index is 12.7. The smallest absolute Gasteiger partial charge is 0.253 e. The van der Waals surface area contributed by atoms with Gasteiger partial charge < -0.3 is 19.9 Å². The van der Waals surface area contributed by atoms with Crippen LogP contribution in [0.2, 0.25) is 0 Å². The van der Waals surface area contributed by atoms with E-state index in [1.54, 1.807) is 14.0 Å². The highest BCUT2D eigenvalue weighted by molar-refractivity contribution is 5.98. The highest BCUT2D eigenvalue weighted by Gasteiger charge is 2.23. The molecule has 0 aliphatic carbocycles. The lowest BCUT2D eigenvalue weighted by Crippen LogP contribution is -2.50. The molecule has 146 valence electrons. The monoisotopic (exact) mass is 371 g/mol. The van der Waals surface area contributed by atoms with Crippen LogP contribution >= 0.6 is 0 Å². The summed E-state index contributed by atoms with van der Waals surface area (Å²) in [6, 6.07) is 8.86. The first-order valence-corrected chi connectivity index (χ1v) is 8.99. The molecule has 6 nitrogen and oxygen atoms in total. The van der Waals surface area contributed by atoms with E-state index in [1.165, 1.54) is 0 Å². The second-order valence-corrected chi connectivity index (χ2v) is 7.75. The van der Waals surface area contributed by atoms with Crippen molar-refractivity contribution >= 4 is 11.8 Å². The van der Waals surface area contributed by atoms with Crippen molar-refractivity contribution in [2.75, 3.05) is 7.11 Å². The number of rotatable bonds is 5. The second kappa shape index (κ2) is 7.86. The first kappa shape index (κ1) is 20.6. The van der Waals surface area contributed by atoms with Crippen LogP contribution in [0.1, 0.15) is 49.4 Å². The van der Waals surface area contributed by atoms with E-state index < -0.39 is 6.04 Å². The molecular formula is C21H29N3O3. The fourth-order valence-corrected chi connectivity index (χ4v) is 2.94. The molecule has 27 heavy (non-hydrogen) atoms. The first-order chi connectivity index (χ1) is 12.5. The highest BCUT2D eigenvalue weighted by Crippen LogP contribution is 2.22. The number of hydrogen-bond acceptors (Lipinski definition) is 3. The zero-order valence-corrected chi connectivity index (χ0v) is 17.1. The number of nitrogens with zero attached hydrogens (tertiary/aromatic N) is 1. The fourth-order valence-electron chi connectivity index (χ4n) is 2.94. The Hall–Kier alpha value is -2.76. The quantitative estimate of drug-likeness (QED) is 0.848. The Balaban J connectivity index is 2.21. The van der Waals surface area contributed by atoms with E-state index in [9.17, 15) is 9.59 Å². The molecule has 0 bridgehead atoms. The minimum Gasteiger partial charge on any atom is -0.497 e. The Morgan fingerprint density at radius 1 is 1.11 bits per heavy atom. The molecule has 0 fully saturated rings. The van der Waals surface area contributed by atoms with Crippen molar-refractivity contribution in [2.45, 2.75) is 53.1 Å². The molecule has 6 heteroatoms. The number of hydrogen-bond donors (Lipinski definition) is 2. The van der Waals surface area contributed by atoms with E-state index in [1.807, 2.05) is 69.5 Å². The lowest BCUT2D eigenvalue weighted by Gasteiger charge is -2.23. The van der Waals surface area contributed by atoms with Gasteiger partial charge in [0.2, 0.25) is 5.91 Å². The summed E-state index contributed by atoms with van der Waals surface area (Å²) in [4.78, 5) is 24.9. The van der Waals surface area contributed by atoms with Crippen LogP contribution in [0.25, 0.3) is 5.69 Å². The molecule has 1 aromatic carbocycles. The second-order valence-electron chi connectivity index (χ2n) is 7.75. The minimum absolute atomic E-state index is 0.209. The largest absolute Gasteiger partial charge is 0.497 e. The summed E-state index contributed by atoms with van der Waals surface area (Å²) in [5.74, 6) is 0.303. The number of methoxy groups -OCH3 is 1. The zero-order valence-electron chi connectivity index (χ0n) is 17.1. The van der Waals surface area contributed by atoms with Crippen molar-refractivity contribution in [2.24, 2.45) is 0 Å². The van der Waals surface area contributed by atoms with Gasteiger partial charge in [-0.2, -0.15) is 0 Å². The van der Waals surface area contributed by atoms with Crippen molar-refractivity contribution in [3.8, 4) is 11.4 Å². The molecule has 2 rings (SSSR count). The van der Waals surface area contributed by atoms with Crippen LogP contribution in [0.3, 0.4) is 0 Å². The molecule has 0 aliphatic rings. The summed E-state index contributed by atoms with van der Waals surface area (Å²) in [6.45, 7) is 11.2. The average molecular weight is 371 g/mol. The highest BCUT2D eigenvalue weighted by atomic mass is 16.5. The third-order valence-electron chi connectivity index (χ3n) is 4.25. The maximum Gasteiger partial charge on any atom is 0.253 e. The lowest BCUT2D eigenvalue weighted by molar-refractivity contribution is -0.124. The first-order valence-electron chi connectivity index (χ1n) is 8.99. The van der Waals surface area contributed by atoms with Gasteiger partial charge in [-0.15, -0.1) is 0 Å². The Morgan fingerprint density at radius 2 is 1.70 bits per heavy atom. The van der Waals surface area contributed by atoms with E-state index >= 15 is 0 Å². The molecule has 2 amide bonds. The molecule has 1 unspecified atom stereocenters. The van der Waals surface area contributed by atoms with Gasteiger partial charge in [0.1, 0.15) is 11.8 Å². The lowest BCUT2D eigenvalue weighted by atomic mass is 10.1. The van der Waals surface area contributed by atoms with Gasteiger partial charge in [-0.25, -0.2) is 0 Å². The number of benzene rings is 1. The van der Waals surface area contributed by atoms with Gasteiger partial charge in [0, 0.05) is 22.6 Å². The summed E-state index contributed by atoms with van der Waals surface area (Å²) < 4.78 is 7.21. The van der Waals surface area contributed by atoms with Crippen LogP contribution in [0, 0.1) is 13.8 Å². The number of aryl methyl sites for hydroxylation is 1. The topological polar surface area (TPSA) is 72.4 Å². The van der Waals surface area contributed by atoms with Gasteiger partial charge >= 0.3 is 0 Å². The number of aromatic nitrogens is 1. The van der Waals surface area contributed by atoms with Crippen molar-refractivity contribution in [3.63, 3.8) is 0 Å². The van der Waals surface area contributed by atoms with E-state index in [0.29, 0.717) is 5.56 Å². The number of ether oxygens (including phenoxy) is 1. The van der Waals surface area contributed by atoms with Crippen LogP contribution in [-0.4, -0.2) is 35.1 Å². The van der Waals surface area contributed by atoms with Crippen molar-refractivity contribution < 1.29 is 14.3 Å². The third-order valence-corrected chi connectivity index (χ3v) is 4.25. The summed E-state index contributed by atoms with van der Waals surface area (Å²) in [7, 11) is 1.63. The van der Waals surface area contributed by atoms with Gasteiger partial charge in [0.05, 0.1) is 12.7 Å². The molecule has 1 aromatic heterocycles. The molecule has 0 radical (unpaired) electrons. The van der Waals surface area contributed by atoms with E-state index in [-0.39, 0.29) is 17.4 Å². The molecule has 0 aliphatic heterocycles. The van der Waals surface area contributed by atoms with Crippen LogP contribution in [0.5, 0.6) is 5.75 Å². The van der Waals surface area contributed by atoms with Crippen LogP contribution in [0.15, 0.2) is 30.3 Å². The summed E-state index contributed by atoms with van der Waals surface area (Å²) in [5, 5.41) is 5.66. The van der Waals surface area contributed by atoms with Gasteiger partial charge in [-0.05, 0) is 71.9 Å². The van der Waals surface area contributed by atoms with E-state index in [4.69, 9.17) is 4.74 Å². The standard InChI is InChI=1S/C21H29N3O3/c1-13-12-18(20(26)22-14(2)19(25)23-21(4,5)6)15(3)24(13)16-8-10-17(27-7)11-9-16/h8-12,14H,1-7H3,(H,22,26)(H,23,25). The fraction of sp³-hybridized carbons (Fsp3) is 0.429. The Bertz CT molecular complexity index is 830. The Morgan fingerprint density at radius 3 is 2.22 bits per heavy atom. The van der Waals surface area contributed by atoms with Crippen molar-refractivity contribution in [1.29, 1.82) is 0 Å². The van der Waals surface area contributed by atoms with Crippen LogP contribution in [-0.2, 0) is 4.79 Å². The van der Waals surface area contributed by atoms with Gasteiger partial charge in [0.25, 0.3) is 5.91 Å². The van der Waals surface area contributed by atoms with Crippen LogP contribution < -0.4 is 15.4 Å². The number of carbonyl (C=O) groups is 2. The molecule has 0 spiro atoms. The van der Waals surface area contributed by atoms with Crippen molar-refractivity contribution in [3.05, 3.63) is 47.3 Å². The molecule has 1 atom stereocenters. The zero-order chi connectivity index (χ0) is 20.4. The molecule has 2 N–H and O–H groups in total. The van der Waals surface area contributed by atoms with Crippen molar-refractivity contribution in [1.82, 2.24) is 15.2 Å². The Kier molecular flexibility index (Phi) is 5.98. The number of nitrogens with one attached hydrogen (secondary N) is 2. The predicted octanol–water partition coefficient (Wildman–Crippen LogP) is 3.14. The summed E-state index contributed by atoms with van der Waals surface area (Å²) >= 11 is 0. The number of amides is 2. The normalized spacial score (nSPS) is 12.4. The van der Waals surface area contributed by atoms with Gasteiger partial charge in [0.15, 0.2) is 0 Å². The molecule has 1 heterocycles. The molecule has 0 saturated heterocycles. The van der Waals surface area contributed by atoms with Gasteiger partial charge in [-0.1, -0.05) is 0 Å². The summed E-state index contributed by atoms with van der Waals surface area (Å²) in [6.07, 6.45) is 0. The summed E-state index contributed by atoms with van der Waals surface area (Å²) in [5.41, 5.74) is 2.91. The molecule has 0 saturated carbocycles. The van der Waals surface area contributed by atoms with Gasteiger partial charge in [-0.3, -0.25) is 9.59 Å². The minimum atomic E-state index is -0.624. The number of carbonyl (C=O) groups excluding carboxylic acids is 2. The Labute approximate surface area is 160 Å².